The number of aryl methyl sites for hydroxylation is 1. The number of sulfonamides is 1. The molecule has 1 amide bonds. The van der Waals surface area contributed by atoms with Crippen LogP contribution in [0.5, 0.6) is 0 Å². The first kappa shape index (κ1) is 23.1. The second-order valence-electron chi connectivity index (χ2n) is 7.85. The van der Waals surface area contributed by atoms with Crippen LogP contribution in [0, 0.1) is 13.8 Å². The normalized spacial score (nSPS) is 14.4. The van der Waals surface area contributed by atoms with E-state index in [2.05, 4.69) is 10.2 Å². The van der Waals surface area contributed by atoms with Crippen molar-refractivity contribution in [1.29, 1.82) is 0 Å². The van der Waals surface area contributed by atoms with Gasteiger partial charge in [-0.1, -0.05) is 12.1 Å². The van der Waals surface area contributed by atoms with Crippen molar-refractivity contribution in [2.45, 2.75) is 26.7 Å². The lowest BCUT2D eigenvalue weighted by Crippen LogP contribution is -2.36. The first-order valence-corrected chi connectivity index (χ1v) is 12.4. The molecular weight excluding hydrogens is 414 g/mol. The number of nitrogens with zero attached hydrogens (tertiary/aromatic N) is 2. The third kappa shape index (κ3) is 6.21. The minimum absolute atomic E-state index is 0.131. The largest absolute Gasteiger partial charge is 0.378 e. The number of morpholine rings is 1. The van der Waals surface area contributed by atoms with Crippen LogP contribution < -0.4 is 14.5 Å². The van der Waals surface area contributed by atoms with Crippen LogP contribution in [0.25, 0.3) is 0 Å². The van der Waals surface area contributed by atoms with Crippen LogP contribution >= 0.6 is 0 Å². The van der Waals surface area contributed by atoms with Crippen LogP contribution in [-0.2, 0) is 19.6 Å². The predicted octanol–water partition coefficient (Wildman–Crippen LogP) is 3.32. The topological polar surface area (TPSA) is 79.0 Å². The summed E-state index contributed by atoms with van der Waals surface area (Å²) < 4.78 is 31.4. The lowest BCUT2D eigenvalue weighted by molar-refractivity contribution is -0.116. The molecule has 1 fully saturated rings. The van der Waals surface area contributed by atoms with E-state index in [1.165, 1.54) is 10.6 Å². The number of hydrogen-bond donors (Lipinski definition) is 1. The van der Waals surface area contributed by atoms with Gasteiger partial charge < -0.3 is 15.0 Å². The van der Waals surface area contributed by atoms with Crippen LogP contribution in [0.4, 0.5) is 17.1 Å². The van der Waals surface area contributed by atoms with Gasteiger partial charge >= 0.3 is 0 Å². The van der Waals surface area contributed by atoms with Crippen LogP contribution in [0.15, 0.2) is 42.5 Å². The van der Waals surface area contributed by atoms with E-state index in [1.807, 2.05) is 50.2 Å². The molecule has 7 nitrogen and oxygen atoms in total. The first-order chi connectivity index (χ1) is 14.8. The Balaban J connectivity index is 1.55. The van der Waals surface area contributed by atoms with Crippen molar-refractivity contribution in [1.82, 2.24) is 0 Å². The quantitative estimate of drug-likeness (QED) is 0.674. The van der Waals surface area contributed by atoms with E-state index >= 15 is 0 Å². The Bertz CT molecular complexity index is 1000. The number of rotatable bonds is 8. The van der Waals surface area contributed by atoms with Crippen LogP contribution in [0.1, 0.15) is 24.0 Å². The Hall–Kier alpha value is -2.58. The van der Waals surface area contributed by atoms with Gasteiger partial charge in [-0.2, -0.15) is 0 Å². The van der Waals surface area contributed by atoms with E-state index in [4.69, 9.17) is 4.74 Å². The molecular formula is C23H31N3O4S. The summed E-state index contributed by atoms with van der Waals surface area (Å²) in [5, 5.41) is 2.89. The molecule has 1 aliphatic rings. The number of hydrogen-bond acceptors (Lipinski definition) is 5. The van der Waals surface area contributed by atoms with Crippen molar-refractivity contribution in [3.8, 4) is 0 Å². The first-order valence-electron chi connectivity index (χ1n) is 10.5. The third-order valence-corrected chi connectivity index (χ3v) is 6.72. The zero-order valence-corrected chi connectivity index (χ0v) is 19.2. The molecule has 2 aromatic carbocycles. The lowest BCUT2D eigenvalue weighted by atomic mass is 10.1. The van der Waals surface area contributed by atoms with Gasteiger partial charge in [-0.3, -0.25) is 9.10 Å². The second kappa shape index (κ2) is 10.2. The Morgan fingerprint density at radius 2 is 1.77 bits per heavy atom. The summed E-state index contributed by atoms with van der Waals surface area (Å²) >= 11 is 0. The van der Waals surface area contributed by atoms with Crippen LogP contribution in [0.2, 0.25) is 0 Å². The van der Waals surface area contributed by atoms with Gasteiger partial charge in [-0.15, -0.1) is 0 Å². The molecule has 0 radical (unpaired) electrons. The molecule has 31 heavy (non-hydrogen) atoms. The van der Waals surface area contributed by atoms with Crippen molar-refractivity contribution in [3.05, 3.63) is 53.6 Å². The number of benzene rings is 2. The molecule has 8 heteroatoms. The average Bonchev–Trinajstić information content (AvgIpc) is 2.74. The summed E-state index contributed by atoms with van der Waals surface area (Å²) in [6, 6.07) is 13.4. The summed E-state index contributed by atoms with van der Waals surface area (Å²) in [5.41, 5.74) is 4.47. The Labute approximate surface area is 185 Å². The summed E-state index contributed by atoms with van der Waals surface area (Å²) in [4.78, 5) is 14.6. The molecule has 0 saturated carbocycles. The number of carbonyl (C=O) groups excluding carboxylic acids is 1. The molecule has 0 unspecified atom stereocenters. The van der Waals surface area contributed by atoms with Crippen molar-refractivity contribution in [3.63, 3.8) is 0 Å². The van der Waals surface area contributed by atoms with Gasteiger partial charge in [0.05, 0.1) is 25.2 Å². The van der Waals surface area contributed by atoms with Crippen LogP contribution in [-0.4, -0.2) is 53.4 Å². The summed E-state index contributed by atoms with van der Waals surface area (Å²) in [5.74, 6) is -0.131. The molecule has 1 aliphatic heterocycles. The minimum atomic E-state index is -3.44. The molecule has 1 N–H and O–H groups in total. The van der Waals surface area contributed by atoms with Crippen molar-refractivity contribution >= 4 is 33.0 Å². The van der Waals surface area contributed by atoms with Crippen molar-refractivity contribution < 1.29 is 17.9 Å². The molecule has 0 spiro atoms. The fraction of sp³-hybridized carbons (Fsp3) is 0.435. The van der Waals surface area contributed by atoms with E-state index < -0.39 is 10.0 Å². The maximum atomic E-state index is 12.4. The number of ether oxygens (including phenoxy) is 1. The summed E-state index contributed by atoms with van der Waals surface area (Å²) in [7, 11) is -3.44. The molecule has 0 aliphatic carbocycles. The average molecular weight is 446 g/mol. The highest BCUT2D eigenvalue weighted by molar-refractivity contribution is 7.92. The van der Waals surface area contributed by atoms with Crippen LogP contribution in [0.3, 0.4) is 0 Å². The molecule has 2 aromatic rings. The summed E-state index contributed by atoms with van der Waals surface area (Å²) in [6.45, 7) is 7.31. The highest BCUT2D eigenvalue weighted by Crippen LogP contribution is 2.25. The number of nitrogens with one attached hydrogen (secondary N) is 1. The lowest BCUT2D eigenvalue weighted by Gasteiger charge is -2.28. The second-order valence-corrected chi connectivity index (χ2v) is 9.76. The van der Waals surface area contributed by atoms with E-state index in [-0.39, 0.29) is 18.9 Å². The predicted molar refractivity (Wildman–Crippen MR) is 125 cm³/mol. The molecule has 168 valence electrons. The smallest absolute Gasteiger partial charge is 0.232 e. The maximum Gasteiger partial charge on any atom is 0.232 e. The van der Waals surface area contributed by atoms with Gasteiger partial charge in [0.2, 0.25) is 15.9 Å². The van der Waals surface area contributed by atoms with Crippen molar-refractivity contribution in [2.75, 3.05) is 53.6 Å². The van der Waals surface area contributed by atoms with E-state index in [9.17, 15) is 13.2 Å². The molecule has 0 atom stereocenters. The monoisotopic (exact) mass is 445 g/mol. The van der Waals surface area contributed by atoms with Gasteiger partial charge in [-0.25, -0.2) is 8.42 Å². The van der Waals surface area contributed by atoms with E-state index in [1.54, 1.807) is 6.07 Å². The molecule has 3 rings (SSSR count). The van der Waals surface area contributed by atoms with Gasteiger partial charge in [0.15, 0.2) is 0 Å². The standard InChI is InChI=1S/C23H31N3O4S/c1-18-6-4-7-22(19(18)2)26(31(3,28)29)13-5-8-23(27)24-20-9-11-21(12-10-20)25-14-16-30-17-15-25/h4,6-7,9-12H,5,8,13-17H2,1-3H3,(H,24,27). The minimum Gasteiger partial charge on any atom is -0.378 e. The fourth-order valence-corrected chi connectivity index (χ4v) is 4.67. The van der Waals surface area contributed by atoms with E-state index in [0.29, 0.717) is 12.1 Å². The fourth-order valence-electron chi connectivity index (χ4n) is 3.65. The van der Waals surface area contributed by atoms with Gasteiger partial charge in [-0.05, 0) is 61.7 Å². The Morgan fingerprint density at radius 3 is 2.42 bits per heavy atom. The van der Waals surface area contributed by atoms with Gasteiger partial charge in [0.1, 0.15) is 0 Å². The zero-order valence-electron chi connectivity index (χ0n) is 18.4. The number of amides is 1. The maximum absolute atomic E-state index is 12.4. The number of anilines is 3. The molecule has 1 heterocycles. The SMILES string of the molecule is Cc1cccc(N(CCCC(=O)Nc2ccc(N3CCOCC3)cc2)S(C)(=O)=O)c1C. The highest BCUT2D eigenvalue weighted by Gasteiger charge is 2.20. The number of carbonyl (C=O) groups is 1. The Morgan fingerprint density at radius 1 is 1.10 bits per heavy atom. The third-order valence-electron chi connectivity index (χ3n) is 5.54. The van der Waals surface area contributed by atoms with Gasteiger partial charge in [0.25, 0.3) is 0 Å². The van der Waals surface area contributed by atoms with Crippen molar-refractivity contribution in [2.24, 2.45) is 0 Å². The zero-order chi connectivity index (χ0) is 22.4. The molecule has 0 bridgehead atoms. The highest BCUT2D eigenvalue weighted by atomic mass is 32.2. The Kier molecular flexibility index (Phi) is 7.56. The molecule has 1 saturated heterocycles. The summed E-state index contributed by atoms with van der Waals surface area (Å²) in [6.07, 6.45) is 1.87. The molecule has 0 aromatic heterocycles. The van der Waals surface area contributed by atoms with Gasteiger partial charge in [0, 0.05) is 37.4 Å². The van der Waals surface area contributed by atoms with E-state index in [0.717, 1.165) is 48.8 Å².